The van der Waals surface area contributed by atoms with Crippen LogP contribution in [0, 0.1) is 21.7 Å². The Labute approximate surface area is 163 Å². The molecule has 0 bridgehead atoms. The summed E-state index contributed by atoms with van der Waals surface area (Å²) in [6.07, 6.45) is 0. The molecule has 2 aromatic carbocycles. The fourth-order valence-electron chi connectivity index (χ4n) is 2.84. The minimum atomic E-state index is -1.10. The van der Waals surface area contributed by atoms with Crippen LogP contribution in [-0.4, -0.2) is 15.9 Å². The minimum absolute atomic E-state index is 0.0649. The van der Waals surface area contributed by atoms with Gasteiger partial charge in [0.1, 0.15) is 0 Å². The number of nitrogens with zero attached hydrogens (tertiary/aromatic N) is 1. The standard InChI is InChI=1S/C18H14F2N4O3S/c1-9-15(17(25)22-11-5-6-13(19)14(20)8-11)16(23-18(28)21-9)10-3-2-4-12(7-10)24(26)27/h2-8,16H,1H3,(H,22,25)(H2,21,23,28)/t16-/m0/s1. The van der Waals surface area contributed by atoms with Crippen LogP contribution < -0.4 is 16.0 Å². The molecule has 3 rings (SSSR count). The molecule has 1 atom stereocenters. The number of anilines is 1. The molecule has 0 saturated carbocycles. The summed E-state index contributed by atoms with van der Waals surface area (Å²) in [4.78, 5) is 23.4. The average molecular weight is 404 g/mol. The highest BCUT2D eigenvalue weighted by molar-refractivity contribution is 7.80. The number of nitro benzene ring substituents is 1. The van der Waals surface area contributed by atoms with Gasteiger partial charge in [-0.05, 0) is 36.8 Å². The molecule has 0 aromatic heterocycles. The Kier molecular flexibility index (Phi) is 5.32. The highest BCUT2D eigenvalue weighted by Crippen LogP contribution is 2.30. The molecule has 0 fully saturated rings. The van der Waals surface area contributed by atoms with Crippen molar-refractivity contribution in [1.29, 1.82) is 0 Å². The first-order valence-corrected chi connectivity index (χ1v) is 8.46. The molecule has 7 nitrogen and oxygen atoms in total. The van der Waals surface area contributed by atoms with Crippen LogP contribution in [0.4, 0.5) is 20.2 Å². The van der Waals surface area contributed by atoms with Gasteiger partial charge in [-0.25, -0.2) is 8.78 Å². The number of carbonyl (C=O) groups is 1. The van der Waals surface area contributed by atoms with Gasteiger partial charge in [-0.3, -0.25) is 14.9 Å². The van der Waals surface area contributed by atoms with Crippen LogP contribution in [0.5, 0.6) is 0 Å². The van der Waals surface area contributed by atoms with Gasteiger partial charge in [0.2, 0.25) is 0 Å². The van der Waals surface area contributed by atoms with Gasteiger partial charge in [-0.15, -0.1) is 0 Å². The number of nitrogens with one attached hydrogen (secondary N) is 3. The number of allylic oxidation sites excluding steroid dienone is 1. The Morgan fingerprint density at radius 3 is 2.64 bits per heavy atom. The minimum Gasteiger partial charge on any atom is -0.351 e. The average Bonchev–Trinajstić information content (AvgIpc) is 2.64. The third kappa shape index (κ3) is 3.96. The lowest BCUT2D eigenvalue weighted by Crippen LogP contribution is -2.45. The van der Waals surface area contributed by atoms with E-state index in [4.69, 9.17) is 12.2 Å². The first-order valence-electron chi connectivity index (χ1n) is 8.05. The lowest BCUT2D eigenvalue weighted by molar-refractivity contribution is -0.384. The van der Waals surface area contributed by atoms with E-state index >= 15 is 0 Å². The van der Waals surface area contributed by atoms with Crippen molar-refractivity contribution < 1.29 is 18.5 Å². The Balaban J connectivity index is 1.97. The summed E-state index contributed by atoms with van der Waals surface area (Å²) in [6.45, 7) is 1.62. The summed E-state index contributed by atoms with van der Waals surface area (Å²) in [7, 11) is 0. The van der Waals surface area contributed by atoms with Crippen molar-refractivity contribution in [3.63, 3.8) is 0 Å². The first-order chi connectivity index (χ1) is 13.3. The van der Waals surface area contributed by atoms with Gasteiger partial charge in [0.05, 0.1) is 16.5 Å². The molecule has 28 heavy (non-hydrogen) atoms. The normalized spacial score (nSPS) is 16.2. The van der Waals surface area contributed by atoms with E-state index in [0.29, 0.717) is 11.3 Å². The molecule has 0 aliphatic carbocycles. The zero-order valence-corrected chi connectivity index (χ0v) is 15.3. The second kappa shape index (κ2) is 7.69. The van der Waals surface area contributed by atoms with Crippen molar-refractivity contribution in [1.82, 2.24) is 10.6 Å². The topological polar surface area (TPSA) is 96.3 Å². The number of hydrogen-bond acceptors (Lipinski definition) is 4. The highest BCUT2D eigenvalue weighted by atomic mass is 32.1. The predicted molar refractivity (Wildman–Crippen MR) is 102 cm³/mol. The molecule has 1 aliphatic heterocycles. The molecule has 3 N–H and O–H groups in total. The number of carbonyl (C=O) groups excluding carboxylic acids is 1. The SMILES string of the molecule is CC1=C(C(=O)Nc2ccc(F)c(F)c2)[C@H](c2cccc([N+](=O)[O-])c2)NC(=S)N1. The Hall–Kier alpha value is -3.40. The molecular weight excluding hydrogens is 390 g/mol. The molecule has 1 heterocycles. The summed E-state index contributed by atoms with van der Waals surface area (Å²) in [5, 5.41) is 19.6. The van der Waals surface area contributed by atoms with Crippen molar-refractivity contribution >= 4 is 34.6 Å². The third-order valence-corrected chi connectivity index (χ3v) is 4.33. The van der Waals surface area contributed by atoms with E-state index in [-0.39, 0.29) is 22.1 Å². The molecule has 0 saturated heterocycles. The fraction of sp³-hybridized carbons (Fsp3) is 0.111. The summed E-state index contributed by atoms with van der Waals surface area (Å²) < 4.78 is 26.5. The van der Waals surface area contributed by atoms with Crippen LogP contribution in [0.25, 0.3) is 0 Å². The molecule has 2 aromatic rings. The first kappa shape index (κ1) is 19.4. The summed E-state index contributed by atoms with van der Waals surface area (Å²) >= 11 is 5.13. The smallest absolute Gasteiger partial charge is 0.269 e. The van der Waals surface area contributed by atoms with Crippen LogP contribution in [-0.2, 0) is 4.79 Å². The summed E-state index contributed by atoms with van der Waals surface area (Å²) in [5.74, 6) is -2.73. The Morgan fingerprint density at radius 2 is 1.96 bits per heavy atom. The Bertz CT molecular complexity index is 1030. The maximum absolute atomic E-state index is 13.4. The second-order valence-electron chi connectivity index (χ2n) is 6.01. The Morgan fingerprint density at radius 1 is 1.21 bits per heavy atom. The summed E-state index contributed by atoms with van der Waals surface area (Å²) in [6, 6.07) is 8.01. The predicted octanol–water partition coefficient (Wildman–Crippen LogP) is 3.30. The maximum atomic E-state index is 13.4. The van der Waals surface area contributed by atoms with E-state index in [1.165, 1.54) is 24.3 Å². The maximum Gasteiger partial charge on any atom is 0.269 e. The quantitative estimate of drug-likeness (QED) is 0.411. The molecule has 0 unspecified atom stereocenters. The third-order valence-electron chi connectivity index (χ3n) is 4.11. The van der Waals surface area contributed by atoms with Gasteiger partial charge in [-0.1, -0.05) is 12.1 Å². The van der Waals surface area contributed by atoms with Crippen molar-refractivity contribution in [2.75, 3.05) is 5.32 Å². The van der Waals surface area contributed by atoms with Gasteiger partial charge in [0, 0.05) is 29.6 Å². The van der Waals surface area contributed by atoms with Gasteiger partial charge in [0.25, 0.3) is 11.6 Å². The number of nitro groups is 1. The van der Waals surface area contributed by atoms with E-state index in [1.807, 2.05) is 0 Å². The van der Waals surface area contributed by atoms with Crippen molar-refractivity contribution in [2.24, 2.45) is 0 Å². The number of benzene rings is 2. The van der Waals surface area contributed by atoms with Crippen LogP contribution in [0.2, 0.25) is 0 Å². The van der Waals surface area contributed by atoms with E-state index in [2.05, 4.69) is 16.0 Å². The second-order valence-corrected chi connectivity index (χ2v) is 6.41. The molecule has 0 spiro atoms. The van der Waals surface area contributed by atoms with Crippen molar-refractivity contribution in [2.45, 2.75) is 13.0 Å². The van der Waals surface area contributed by atoms with E-state index in [9.17, 15) is 23.7 Å². The van der Waals surface area contributed by atoms with Crippen LogP contribution in [0.3, 0.4) is 0 Å². The number of halogens is 2. The zero-order chi connectivity index (χ0) is 20.4. The van der Waals surface area contributed by atoms with Gasteiger partial charge in [0.15, 0.2) is 16.7 Å². The largest absolute Gasteiger partial charge is 0.351 e. The van der Waals surface area contributed by atoms with Gasteiger partial charge >= 0.3 is 0 Å². The van der Waals surface area contributed by atoms with Crippen molar-refractivity contribution in [3.8, 4) is 0 Å². The summed E-state index contributed by atoms with van der Waals surface area (Å²) in [5.41, 5.74) is 1.02. The zero-order valence-electron chi connectivity index (χ0n) is 14.5. The monoisotopic (exact) mass is 404 g/mol. The number of amides is 1. The molecule has 1 aliphatic rings. The fourth-order valence-corrected chi connectivity index (χ4v) is 3.11. The van der Waals surface area contributed by atoms with Crippen molar-refractivity contribution in [3.05, 3.63) is 81.0 Å². The van der Waals surface area contributed by atoms with E-state index < -0.39 is 28.5 Å². The molecule has 0 radical (unpaired) electrons. The van der Waals surface area contributed by atoms with Gasteiger partial charge in [-0.2, -0.15) is 0 Å². The lowest BCUT2D eigenvalue weighted by atomic mass is 9.94. The van der Waals surface area contributed by atoms with Crippen LogP contribution in [0.1, 0.15) is 18.5 Å². The van der Waals surface area contributed by atoms with Gasteiger partial charge < -0.3 is 16.0 Å². The van der Waals surface area contributed by atoms with E-state index in [1.54, 1.807) is 13.0 Å². The van der Waals surface area contributed by atoms with Crippen LogP contribution >= 0.6 is 12.2 Å². The molecule has 10 heteroatoms. The molecular formula is C18H14F2N4O3S. The lowest BCUT2D eigenvalue weighted by Gasteiger charge is -2.30. The van der Waals surface area contributed by atoms with Crippen LogP contribution in [0.15, 0.2) is 53.7 Å². The highest BCUT2D eigenvalue weighted by Gasteiger charge is 2.30. The molecule has 1 amide bonds. The number of rotatable bonds is 4. The van der Waals surface area contributed by atoms with E-state index in [0.717, 1.165) is 12.1 Å². The number of non-ortho nitro benzene ring substituents is 1. The number of hydrogen-bond donors (Lipinski definition) is 3. The number of thiocarbonyl (C=S) groups is 1. The molecule has 144 valence electrons.